The summed E-state index contributed by atoms with van der Waals surface area (Å²) in [4.78, 5) is 22.4. The molecule has 0 aliphatic rings. The number of para-hydroxylation sites is 3. The Bertz CT molecular complexity index is 1800. The fourth-order valence-corrected chi connectivity index (χ4v) is 6.80. The highest BCUT2D eigenvalue weighted by atomic mass is 31.2. The van der Waals surface area contributed by atoms with Crippen LogP contribution in [0.3, 0.4) is 0 Å². The van der Waals surface area contributed by atoms with Crippen LogP contribution >= 0.6 is 7.75 Å². The van der Waals surface area contributed by atoms with Gasteiger partial charge in [0.05, 0.1) is 17.6 Å². The first kappa shape index (κ1) is 33.1. The molecule has 3 aromatic carbocycles. The zero-order chi connectivity index (χ0) is 32.5. The van der Waals surface area contributed by atoms with Gasteiger partial charge in [0.15, 0.2) is 5.82 Å². The highest BCUT2D eigenvalue weighted by Crippen LogP contribution is 2.45. The number of hydrogen-bond acceptors (Lipinski definition) is 9. The van der Waals surface area contributed by atoms with Gasteiger partial charge >= 0.3 is 13.7 Å². The van der Waals surface area contributed by atoms with Gasteiger partial charge in [-0.15, -0.1) is 0 Å². The summed E-state index contributed by atoms with van der Waals surface area (Å²) >= 11 is 0. The zero-order valence-electron chi connectivity index (χ0n) is 26.3. The molecule has 0 radical (unpaired) electrons. The van der Waals surface area contributed by atoms with Crippen LogP contribution in [0, 0.1) is 0 Å². The number of fused-ring (bicyclic) bond motifs is 3. The van der Waals surface area contributed by atoms with E-state index in [0.29, 0.717) is 35.9 Å². The number of nitrogens with one attached hydrogen (secondary N) is 1. The van der Waals surface area contributed by atoms with Crippen molar-refractivity contribution < 1.29 is 27.9 Å². The first-order valence-corrected chi connectivity index (χ1v) is 17.0. The fourth-order valence-electron chi connectivity index (χ4n) is 5.30. The zero-order valence-corrected chi connectivity index (χ0v) is 27.2. The summed E-state index contributed by atoms with van der Waals surface area (Å²) in [5.41, 5.74) is 8.66. The van der Waals surface area contributed by atoms with Crippen LogP contribution in [0.1, 0.15) is 51.9 Å². The number of rotatable bonds is 16. The number of imidazole rings is 1. The topological polar surface area (TPSA) is 140 Å². The van der Waals surface area contributed by atoms with Crippen molar-refractivity contribution in [3.8, 4) is 11.5 Å². The lowest BCUT2D eigenvalue weighted by Gasteiger charge is -2.25. The van der Waals surface area contributed by atoms with Crippen LogP contribution in [-0.4, -0.2) is 39.8 Å². The number of benzene rings is 3. The second-order valence-corrected chi connectivity index (χ2v) is 12.5. The summed E-state index contributed by atoms with van der Waals surface area (Å²) in [6, 6.07) is 24.1. The summed E-state index contributed by atoms with van der Waals surface area (Å²) in [6.07, 6.45) is 2.11. The van der Waals surface area contributed by atoms with Gasteiger partial charge in [-0.1, -0.05) is 67.9 Å². The van der Waals surface area contributed by atoms with E-state index in [4.69, 9.17) is 29.2 Å². The van der Waals surface area contributed by atoms with Gasteiger partial charge in [-0.2, -0.15) is 5.09 Å². The lowest BCUT2D eigenvalue weighted by molar-refractivity contribution is -0.135. The second kappa shape index (κ2) is 15.3. The lowest BCUT2D eigenvalue weighted by atomic mass is 10.1. The maximum atomic E-state index is 14.2. The van der Waals surface area contributed by atoms with Crippen molar-refractivity contribution in [1.29, 1.82) is 0 Å². The van der Waals surface area contributed by atoms with Crippen molar-refractivity contribution in [2.45, 2.75) is 58.7 Å². The molecule has 0 fully saturated rings. The number of carbonyl (C=O) groups excluding carboxylic acids is 1. The Kier molecular flexibility index (Phi) is 11.0. The number of nitrogens with two attached hydrogens (primary N) is 1. The van der Waals surface area contributed by atoms with Gasteiger partial charge in [0.25, 0.3) is 0 Å². The molecule has 12 heteroatoms. The van der Waals surface area contributed by atoms with E-state index in [0.717, 1.165) is 35.1 Å². The van der Waals surface area contributed by atoms with E-state index in [1.807, 2.05) is 43.3 Å². The predicted octanol–water partition coefficient (Wildman–Crippen LogP) is 7.22. The molecule has 0 unspecified atom stereocenters. The molecule has 5 aromatic rings. The molecule has 0 aliphatic carbocycles. The summed E-state index contributed by atoms with van der Waals surface area (Å²) in [5, 5.41) is 3.70. The molecule has 46 heavy (non-hydrogen) atoms. The molecule has 2 aromatic heterocycles. The number of aromatic nitrogens is 3. The Hall–Kier alpha value is -4.28. The second-order valence-electron chi connectivity index (χ2n) is 10.8. The third-order valence-electron chi connectivity index (χ3n) is 7.40. The van der Waals surface area contributed by atoms with Gasteiger partial charge in [-0.25, -0.2) is 19.3 Å². The van der Waals surface area contributed by atoms with Gasteiger partial charge in [-0.05, 0) is 57.0 Å². The van der Waals surface area contributed by atoms with Crippen molar-refractivity contribution >= 4 is 41.5 Å². The molecule has 11 nitrogen and oxygen atoms in total. The Morgan fingerprint density at radius 1 is 0.935 bits per heavy atom. The van der Waals surface area contributed by atoms with Crippen molar-refractivity contribution in [3.05, 3.63) is 90.8 Å². The largest absolute Gasteiger partial charge is 0.459 e. The smallest absolute Gasteiger partial charge is 0.425 e. The molecule has 3 N–H and O–H groups in total. The summed E-state index contributed by atoms with van der Waals surface area (Å²) < 4.78 is 39.5. The van der Waals surface area contributed by atoms with Crippen molar-refractivity contribution in [2.75, 3.05) is 18.9 Å². The molecule has 242 valence electrons. The van der Waals surface area contributed by atoms with Gasteiger partial charge in [0.2, 0.25) is 0 Å². The van der Waals surface area contributed by atoms with Crippen LogP contribution < -0.4 is 20.1 Å². The summed E-state index contributed by atoms with van der Waals surface area (Å²) in [7, 11) is -4.06. The first-order chi connectivity index (χ1) is 22.3. The standard InChI is InChI=1S/C34H40N5O6P/c1-4-14-25(39-30(23-42-5-2)37-31-32(39)28-19-12-13-20-29(28)36-33(31)35)21-22-43-46(41,45-27-17-10-7-11-18-27)38-24(3)34(40)44-26-15-8-6-9-16-26/h6-13,15-20,24-25H,4-5,14,21-23H2,1-3H3,(H2,35,36)(H,38,41)/t24-,25-,46-/m0/s1. The van der Waals surface area contributed by atoms with Crippen LogP contribution in [0.4, 0.5) is 5.82 Å². The lowest BCUT2D eigenvalue weighted by Crippen LogP contribution is -2.36. The number of ether oxygens (including phenoxy) is 2. The average Bonchev–Trinajstić information content (AvgIpc) is 3.44. The van der Waals surface area contributed by atoms with Gasteiger partial charge < -0.3 is 24.3 Å². The van der Waals surface area contributed by atoms with E-state index in [-0.39, 0.29) is 19.3 Å². The highest BCUT2D eigenvalue weighted by Gasteiger charge is 2.33. The number of esters is 1. The highest BCUT2D eigenvalue weighted by molar-refractivity contribution is 7.52. The number of nitrogen functional groups attached to an aromatic ring is 1. The number of hydrogen-bond donors (Lipinski definition) is 2. The van der Waals surface area contributed by atoms with Gasteiger partial charge in [-0.3, -0.25) is 4.52 Å². The molecule has 2 heterocycles. The third-order valence-corrected chi connectivity index (χ3v) is 9.07. The maximum Gasteiger partial charge on any atom is 0.459 e. The maximum absolute atomic E-state index is 14.2. The van der Waals surface area contributed by atoms with E-state index < -0.39 is 19.8 Å². The van der Waals surface area contributed by atoms with E-state index >= 15 is 0 Å². The van der Waals surface area contributed by atoms with Gasteiger partial charge in [0, 0.05) is 18.0 Å². The SMILES string of the molecule is CCC[C@@H](CCO[P@@](=O)(N[C@@H](C)C(=O)Oc1ccccc1)Oc1ccccc1)n1c(COCC)nc2c(N)nc3ccccc3c21. The monoisotopic (exact) mass is 645 g/mol. The summed E-state index contributed by atoms with van der Waals surface area (Å²) in [5.74, 6) is 1.15. The van der Waals surface area contributed by atoms with Crippen molar-refractivity contribution in [2.24, 2.45) is 0 Å². The van der Waals surface area contributed by atoms with E-state index in [2.05, 4.69) is 21.6 Å². The number of anilines is 1. The van der Waals surface area contributed by atoms with Crippen LogP contribution in [0.2, 0.25) is 0 Å². The molecule has 0 aliphatic heterocycles. The molecule has 5 rings (SSSR count). The Morgan fingerprint density at radius 3 is 2.30 bits per heavy atom. The molecule has 3 atom stereocenters. The number of pyridine rings is 1. The Labute approximate surface area is 268 Å². The molecule has 0 saturated heterocycles. The Morgan fingerprint density at radius 2 is 1.61 bits per heavy atom. The molecular weight excluding hydrogens is 605 g/mol. The minimum absolute atomic E-state index is 0.0501. The average molecular weight is 646 g/mol. The van der Waals surface area contributed by atoms with Crippen LogP contribution in [0.25, 0.3) is 21.9 Å². The summed E-state index contributed by atoms with van der Waals surface area (Å²) in [6.45, 7) is 6.46. The van der Waals surface area contributed by atoms with Crippen LogP contribution in [0.5, 0.6) is 11.5 Å². The van der Waals surface area contributed by atoms with E-state index in [1.165, 1.54) is 0 Å². The minimum atomic E-state index is -4.06. The molecular formula is C34H40N5O6P. The molecule has 0 saturated carbocycles. The predicted molar refractivity (Wildman–Crippen MR) is 179 cm³/mol. The van der Waals surface area contributed by atoms with Crippen LogP contribution in [-0.2, 0) is 25.2 Å². The third kappa shape index (κ3) is 7.92. The van der Waals surface area contributed by atoms with Gasteiger partial charge in [0.1, 0.15) is 35.5 Å². The number of nitrogens with zero attached hydrogens (tertiary/aromatic N) is 3. The minimum Gasteiger partial charge on any atom is -0.425 e. The number of carbonyl (C=O) groups is 1. The molecule has 0 amide bonds. The molecule has 0 spiro atoms. The van der Waals surface area contributed by atoms with Crippen molar-refractivity contribution in [1.82, 2.24) is 19.6 Å². The quantitative estimate of drug-likeness (QED) is 0.0642. The van der Waals surface area contributed by atoms with Crippen molar-refractivity contribution in [3.63, 3.8) is 0 Å². The first-order valence-electron chi connectivity index (χ1n) is 15.5. The van der Waals surface area contributed by atoms with E-state index in [9.17, 15) is 9.36 Å². The Balaban J connectivity index is 1.42. The van der Waals surface area contributed by atoms with E-state index in [1.54, 1.807) is 55.5 Å². The normalized spacial score (nSPS) is 14.2. The fraction of sp³-hybridized carbons (Fsp3) is 0.324. The molecule has 0 bridgehead atoms. The van der Waals surface area contributed by atoms with Crippen LogP contribution in [0.15, 0.2) is 84.9 Å².